The Balaban J connectivity index is 1.85. The van der Waals surface area contributed by atoms with Gasteiger partial charge in [0.2, 0.25) is 5.91 Å². The maximum absolute atomic E-state index is 12.0. The van der Waals surface area contributed by atoms with Crippen LogP contribution >= 0.6 is 15.9 Å². The summed E-state index contributed by atoms with van der Waals surface area (Å²) in [7, 11) is 1.58. The van der Waals surface area contributed by atoms with Gasteiger partial charge in [0, 0.05) is 35.1 Å². The smallest absolute Gasteiger partial charge is 0.251 e. The summed E-state index contributed by atoms with van der Waals surface area (Å²) in [6.07, 6.45) is 0. The lowest BCUT2D eigenvalue weighted by Gasteiger charge is -2.10. The molecular weight excluding hydrogens is 386 g/mol. The van der Waals surface area contributed by atoms with Crippen molar-refractivity contribution in [2.24, 2.45) is 0 Å². The van der Waals surface area contributed by atoms with Gasteiger partial charge in [-0.25, -0.2) is 0 Å². The van der Waals surface area contributed by atoms with Crippen LogP contribution < -0.4 is 16.0 Å². The number of carbonyl (C=O) groups is 2. The molecule has 0 aliphatic carbocycles. The Morgan fingerprint density at radius 1 is 1.08 bits per heavy atom. The van der Waals surface area contributed by atoms with Gasteiger partial charge in [0.05, 0.1) is 13.2 Å². The van der Waals surface area contributed by atoms with Gasteiger partial charge in [0.1, 0.15) is 0 Å². The van der Waals surface area contributed by atoms with E-state index in [0.29, 0.717) is 24.4 Å². The third-order valence-electron chi connectivity index (χ3n) is 3.30. The number of benzene rings is 2. The highest BCUT2D eigenvalue weighted by Crippen LogP contribution is 2.14. The van der Waals surface area contributed by atoms with Gasteiger partial charge in [-0.3, -0.25) is 9.59 Å². The van der Waals surface area contributed by atoms with Crippen LogP contribution in [0.1, 0.15) is 10.4 Å². The Morgan fingerprint density at radius 2 is 1.84 bits per heavy atom. The van der Waals surface area contributed by atoms with Gasteiger partial charge in [-0.2, -0.15) is 0 Å². The molecule has 2 aromatic carbocycles. The number of hydrogen-bond donors (Lipinski definition) is 3. The number of hydrogen-bond acceptors (Lipinski definition) is 4. The lowest BCUT2D eigenvalue weighted by molar-refractivity contribution is -0.114. The summed E-state index contributed by atoms with van der Waals surface area (Å²) in [4.78, 5) is 24.0. The van der Waals surface area contributed by atoms with Gasteiger partial charge in [-0.15, -0.1) is 0 Å². The van der Waals surface area contributed by atoms with Crippen LogP contribution in [-0.2, 0) is 9.53 Å². The largest absolute Gasteiger partial charge is 0.383 e. The predicted octanol–water partition coefficient (Wildman–Crippen LogP) is 2.88. The third kappa shape index (κ3) is 6.56. The van der Waals surface area contributed by atoms with Crippen molar-refractivity contribution in [3.05, 3.63) is 58.6 Å². The maximum Gasteiger partial charge on any atom is 0.251 e. The van der Waals surface area contributed by atoms with Crippen molar-refractivity contribution in [2.45, 2.75) is 0 Å². The molecule has 0 spiro atoms. The molecule has 2 amide bonds. The van der Waals surface area contributed by atoms with Gasteiger partial charge < -0.3 is 20.7 Å². The van der Waals surface area contributed by atoms with E-state index in [2.05, 4.69) is 31.9 Å². The molecule has 0 saturated heterocycles. The fourth-order valence-electron chi connectivity index (χ4n) is 2.06. The summed E-state index contributed by atoms with van der Waals surface area (Å²) < 4.78 is 5.85. The standard InChI is InChI=1S/C18H20BrN3O3/c1-25-10-9-20-18(24)13-3-2-4-16(11-13)21-12-17(23)22-15-7-5-14(19)6-8-15/h2-8,11,21H,9-10,12H2,1H3,(H,20,24)(H,22,23). The second-order valence-electron chi connectivity index (χ2n) is 5.24. The van der Waals surface area contributed by atoms with E-state index in [9.17, 15) is 9.59 Å². The molecule has 3 N–H and O–H groups in total. The van der Waals surface area contributed by atoms with Gasteiger partial charge >= 0.3 is 0 Å². The lowest BCUT2D eigenvalue weighted by atomic mass is 10.2. The molecule has 25 heavy (non-hydrogen) atoms. The van der Waals surface area contributed by atoms with E-state index in [1.54, 1.807) is 31.4 Å². The average Bonchev–Trinajstić information content (AvgIpc) is 2.62. The minimum Gasteiger partial charge on any atom is -0.383 e. The molecule has 6 nitrogen and oxygen atoms in total. The fourth-order valence-corrected chi connectivity index (χ4v) is 2.32. The van der Waals surface area contributed by atoms with Gasteiger partial charge in [0.25, 0.3) is 5.91 Å². The van der Waals surface area contributed by atoms with E-state index < -0.39 is 0 Å². The Kier molecular flexibility index (Phi) is 7.43. The molecule has 0 saturated carbocycles. The molecule has 0 bridgehead atoms. The van der Waals surface area contributed by atoms with Crippen LogP contribution in [0.3, 0.4) is 0 Å². The van der Waals surface area contributed by atoms with Crippen LogP contribution in [0.5, 0.6) is 0 Å². The SMILES string of the molecule is COCCNC(=O)c1cccc(NCC(=O)Nc2ccc(Br)cc2)c1. The number of ether oxygens (including phenoxy) is 1. The molecule has 132 valence electrons. The molecular formula is C18H20BrN3O3. The van der Waals surface area contributed by atoms with Crippen LogP contribution in [0.15, 0.2) is 53.0 Å². The normalized spacial score (nSPS) is 10.2. The summed E-state index contributed by atoms with van der Waals surface area (Å²) in [5, 5.41) is 8.56. The van der Waals surface area contributed by atoms with Crippen LogP contribution in [0.2, 0.25) is 0 Å². The van der Waals surface area contributed by atoms with Crippen molar-refractivity contribution in [3.63, 3.8) is 0 Å². The number of halogens is 1. The number of methoxy groups -OCH3 is 1. The maximum atomic E-state index is 12.0. The monoisotopic (exact) mass is 405 g/mol. The van der Waals surface area contributed by atoms with Crippen molar-refractivity contribution in [1.82, 2.24) is 5.32 Å². The van der Waals surface area contributed by atoms with Crippen molar-refractivity contribution in [3.8, 4) is 0 Å². The van der Waals surface area contributed by atoms with E-state index in [4.69, 9.17) is 4.74 Å². The molecule has 0 fully saturated rings. The Morgan fingerprint density at radius 3 is 2.56 bits per heavy atom. The number of nitrogens with one attached hydrogen (secondary N) is 3. The molecule has 0 unspecified atom stereocenters. The van der Waals surface area contributed by atoms with Crippen LogP contribution in [0.4, 0.5) is 11.4 Å². The van der Waals surface area contributed by atoms with E-state index >= 15 is 0 Å². The number of carbonyl (C=O) groups excluding carboxylic acids is 2. The zero-order valence-electron chi connectivity index (χ0n) is 13.8. The van der Waals surface area contributed by atoms with Gasteiger partial charge in [-0.05, 0) is 42.5 Å². The molecule has 7 heteroatoms. The second kappa shape index (κ2) is 9.80. The van der Waals surface area contributed by atoms with Crippen LogP contribution in [0.25, 0.3) is 0 Å². The van der Waals surface area contributed by atoms with Gasteiger partial charge in [-0.1, -0.05) is 22.0 Å². The Labute approximate surface area is 155 Å². The first-order valence-corrected chi connectivity index (χ1v) is 8.54. The number of amides is 2. The number of anilines is 2. The molecule has 0 heterocycles. The zero-order chi connectivity index (χ0) is 18.1. The molecule has 2 aromatic rings. The fraction of sp³-hybridized carbons (Fsp3) is 0.222. The van der Waals surface area contributed by atoms with Crippen LogP contribution in [0, 0.1) is 0 Å². The van der Waals surface area contributed by atoms with E-state index in [-0.39, 0.29) is 18.4 Å². The van der Waals surface area contributed by atoms with Crippen molar-refractivity contribution < 1.29 is 14.3 Å². The molecule has 0 radical (unpaired) electrons. The summed E-state index contributed by atoms with van der Waals surface area (Å²) in [6, 6.07) is 14.3. The molecule has 0 aliphatic heterocycles. The van der Waals surface area contributed by atoms with Crippen molar-refractivity contribution in [1.29, 1.82) is 0 Å². The van der Waals surface area contributed by atoms with E-state index in [0.717, 1.165) is 10.2 Å². The van der Waals surface area contributed by atoms with E-state index in [1.807, 2.05) is 24.3 Å². The Bertz CT molecular complexity index is 720. The quantitative estimate of drug-likeness (QED) is 0.589. The predicted molar refractivity (Wildman–Crippen MR) is 102 cm³/mol. The van der Waals surface area contributed by atoms with Crippen molar-refractivity contribution in [2.75, 3.05) is 37.4 Å². The highest BCUT2D eigenvalue weighted by atomic mass is 79.9. The summed E-state index contributed by atoms with van der Waals surface area (Å²) in [5.41, 5.74) is 1.95. The van der Waals surface area contributed by atoms with E-state index in [1.165, 1.54) is 0 Å². The van der Waals surface area contributed by atoms with Crippen LogP contribution in [-0.4, -0.2) is 38.6 Å². The molecule has 0 aromatic heterocycles. The topological polar surface area (TPSA) is 79.5 Å². The molecule has 0 atom stereocenters. The second-order valence-corrected chi connectivity index (χ2v) is 6.15. The zero-order valence-corrected chi connectivity index (χ0v) is 15.4. The number of rotatable bonds is 8. The third-order valence-corrected chi connectivity index (χ3v) is 3.83. The summed E-state index contributed by atoms with van der Waals surface area (Å²) in [6.45, 7) is 1.01. The first-order chi connectivity index (χ1) is 12.1. The van der Waals surface area contributed by atoms with Gasteiger partial charge in [0.15, 0.2) is 0 Å². The first kappa shape index (κ1) is 19.0. The summed E-state index contributed by atoms with van der Waals surface area (Å²) in [5.74, 6) is -0.350. The molecule has 2 rings (SSSR count). The minimum atomic E-state index is -0.181. The minimum absolute atomic E-state index is 0.102. The molecule has 0 aliphatic rings. The van der Waals surface area contributed by atoms with Crippen molar-refractivity contribution >= 4 is 39.1 Å². The highest BCUT2D eigenvalue weighted by molar-refractivity contribution is 9.10. The highest BCUT2D eigenvalue weighted by Gasteiger charge is 2.07. The average molecular weight is 406 g/mol. The summed E-state index contributed by atoms with van der Waals surface area (Å²) >= 11 is 3.35. The first-order valence-electron chi connectivity index (χ1n) is 7.75. The lowest BCUT2D eigenvalue weighted by Crippen LogP contribution is -2.27. The Hall–Kier alpha value is -2.38.